The quantitative estimate of drug-likeness (QED) is 0.560. The van der Waals surface area contributed by atoms with Crippen molar-refractivity contribution in [3.63, 3.8) is 0 Å². The number of rotatable bonds is 5. The molecule has 0 aliphatic carbocycles. The van der Waals surface area contributed by atoms with Crippen molar-refractivity contribution in [1.82, 2.24) is 30.4 Å². The Morgan fingerprint density at radius 2 is 2.03 bits per heavy atom. The number of halogens is 2. The first-order valence-electron chi connectivity index (χ1n) is 8.95. The van der Waals surface area contributed by atoms with Crippen LogP contribution >= 0.6 is 0 Å². The number of nitrogens with one attached hydrogen (secondary N) is 1. The van der Waals surface area contributed by atoms with Gasteiger partial charge in [-0.15, -0.1) is 5.10 Å². The van der Waals surface area contributed by atoms with Crippen LogP contribution in [0.5, 0.6) is 0 Å². The molecule has 0 atom stereocenters. The van der Waals surface area contributed by atoms with Crippen molar-refractivity contribution in [2.24, 2.45) is 0 Å². The molecule has 9 heteroatoms. The van der Waals surface area contributed by atoms with Gasteiger partial charge in [-0.1, -0.05) is 30.3 Å². The first-order chi connectivity index (χ1) is 13.9. The second-order valence-electron chi connectivity index (χ2n) is 6.85. The summed E-state index contributed by atoms with van der Waals surface area (Å²) in [4.78, 5) is 0. The van der Waals surface area contributed by atoms with Crippen LogP contribution in [-0.4, -0.2) is 30.4 Å². The largest absolute Gasteiger partial charge is 0.333 e. The Kier molecular flexibility index (Phi) is 4.54. The highest BCUT2D eigenvalue weighted by Gasteiger charge is 2.38. The zero-order valence-corrected chi connectivity index (χ0v) is 15.8. The number of aromatic nitrogens is 6. The predicted molar refractivity (Wildman–Crippen MR) is 101 cm³/mol. The predicted octanol–water partition coefficient (Wildman–Crippen LogP) is 3.42. The minimum absolute atomic E-state index is 0.230. The lowest BCUT2D eigenvalue weighted by Gasteiger charge is -2.14. The minimum atomic E-state index is -3.37. The molecule has 0 amide bonds. The summed E-state index contributed by atoms with van der Waals surface area (Å²) in [6, 6.07) is 12.4. The Hall–Kier alpha value is -3.67. The summed E-state index contributed by atoms with van der Waals surface area (Å²) in [5, 5.41) is 26.5. The fourth-order valence-corrected chi connectivity index (χ4v) is 3.47. The molecule has 2 aromatic carbocycles. The van der Waals surface area contributed by atoms with E-state index in [4.69, 9.17) is 5.26 Å². The molecule has 0 aliphatic heterocycles. The fraction of sp³-hybridized carbons (Fsp3) is 0.250. The highest BCUT2D eigenvalue weighted by Crippen LogP contribution is 2.35. The zero-order valence-electron chi connectivity index (χ0n) is 15.8. The van der Waals surface area contributed by atoms with E-state index in [2.05, 4.69) is 31.8 Å². The lowest BCUT2D eigenvalue weighted by Crippen LogP contribution is -2.17. The number of alkyl halides is 2. The first kappa shape index (κ1) is 18.7. The number of nitrogens with zero attached hydrogens (tertiary/aromatic N) is 6. The van der Waals surface area contributed by atoms with Crippen molar-refractivity contribution in [1.29, 1.82) is 5.26 Å². The smallest absolute Gasteiger partial charge is 0.260 e. The van der Waals surface area contributed by atoms with Gasteiger partial charge >= 0.3 is 5.92 Å². The van der Waals surface area contributed by atoms with Crippen molar-refractivity contribution in [2.75, 3.05) is 0 Å². The molecule has 0 saturated carbocycles. The maximum atomic E-state index is 14.8. The molecule has 4 rings (SSSR count). The van der Waals surface area contributed by atoms with Gasteiger partial charge in [0.05, 0.1) is 30.2 Å². The number of H-pyrrole nitrogens is 1. The molecule has 1 N–H and O–H groups in total. The van der Waals surface area contributed by atoms with Gasteiger partial charge in [-0.05, 0) is 47.0 Å². The second kappa shape index (κ2) is 7.05. The summed E-state index contributed by atoms with van der Waals surface area (Å²) in [6.45, 7) is 4.18. The number of tetrazole rings is 1. The van der Waals surface area contributed by atoms with Gasteiger partial charge in [-0.25, -0.2) is 5.10 Å². The Morgan fingerprint density at radius 1 is 1.21 bits per heavy atom. The second-order valence-corrected chi connectivity index (χ2v) is 6.85. The number of aromatic amines is 1. The van der Waals surface area contributed by atoms with E-state index in [0.29, 0.717) is 12.1 Å². The molecule has 2 heterocycles. The monoisotopic (exact) mass is 393 g/mol. The van der Waals surface area contributed by atoms with E-state index in [1.807, 2.05) is 32.0 Å². The third kappa shape index (κ3) is 3.23. The van der Waals surface area contributed by atoms with Crippen molar-refractivity contribution < 1.29 is 8.78 Å². The summed E-state index contributed by atoms with van der Waals surface area (Å²) < 4.78 is 31.3. The number of fused-ring (bicyclic) bond motifs is 1. The summed E-state index contributed by atoms with van der Waals surface area (Å²) in [6.07, 6.45) is 0.275. The number of hydrogen-bond donors (Lipinski definition) is 1. The van der Waals surface area contributed by atoms with E-state index in [1.54, 1.807) is 10.7 Å². The Bertz CT molecular complexity index is 1220. The standard InChI is InChI=1S/C20H17F2N7/c1-12-4-3-5-14(8-9-23)17(12)11-29-18-10-15(6-7-16(18)13(2)26-29)20(21,22)19-24-27-28-25-19/h3-7,10H,8,11H2,1-2H3,(H,24,25,27,28). The van der Waals surface area contributed by atoms with Gasteiger partial charge in [-0.2, -0.15) is 19.1 Å². The van der Waals surface area contributed by atoms with Crippen LogP contribution in [0.1, 0.15) is 33.8 Å². The molecule has 29 heavy (non-hydrogen) atoms. The normalized spacial score (nSPS) is 11.7. The molecule has 0 radical (unpaired) electrons. The molecule has 4 aromatic rings. The molecule has 2 aromatic heterocycles. The van der Waals surface area contributed by atoms with Gasteiger partial charge in [0, 0.05) is 10.9 Å². The summed E-state index contributed by atoms with van der Waals surface area (Å²) in [5.41, 5.74) is 3.99. The van der Waals surface area contributed by atoms with Gasteiger partial charge in [-0.3, -0.25) is 4.68 Å². The van der Waals surface area contributed by atoms with Crippen LogP contribution in [0, 0.1) is 25.2 Å². The molecule has 0 aliphatic rings. The topological polar surface area (TPSA) is 96.1 Å². The number of aryl methyl sites for hydroxylation is 2. The van der Waals surface area contributed by atoms with Crippen LogP contribution in [0.3, 0.4) is 0 Å². The van der Waals surface area contributed by atoms with E-state index in [0.717, 1.165) is 27.8 Å². The number of hydrogen-bond acceptors (Lipinski definition) is 5. The molecule has 0 fully saturated rings. The van der Waals surface area contributed by atoms with Gasteiger partial charge in [0.15, 0.2) is 0 Å². The summed E-state index contributed by atoms with van der Waals surface area (Å²) in [7, 11) is 0. The third-order valence-electron chi connectivity index (χ3n) is 5.03. The van der Waals surface area contributed by atoms with E-state index >= 15 is 0 Å². The van der Waals surface area contributed by atoms with E-state index in [-0.39, 0.29) is 12.0 Å². The van der Waals surface area contributed by atoms with E-state index < -0.39 is 11.7 Å². The van der Waals surface area contributed by atoms with Crippen LogP contribution in [0.4, 0.5) is 8.78 Å². The van der Waals surface area contributed by atoms with Crippen molar-refractivity contribution in [3.05, 3.63) is 70.2 Å². The fourth-order valence-electron chi connectivity index (χ4n) is 3.47. The minimum Gasteiger partial charge on any atom is -0.260 e. The lowest BCUT2D eigenvalue weighted by molar-refractivity contribution is 0.0330. The van der Waals surface area contributed by atoms with Crippen LogP contribution in [-0.2, 0) is 18.9 Å². The average molecular weight is 393 g/mol. The van der Waals surface area contributed by atoms with Gasteiger partial charge in [0.2, 0.25) is 5.82 Å². The van der Waals surface area contributed by atoms with Crippen LogP contribution in [0.25, 0.3) is 10.9 Å². The van der Waals surface area contributed by atoms with E-state index in [1.165, 1.54) is 12.1 Å². The third-order valence-corrected chi connectivity index (χ3v) is 5.03. The summed E-state index contributed by atoms with van der Waals surface area (Å²) in [5.74, 6) is -3.98. The number of benzene rings is 2. The average Bonchev–Trinajstić information content (AvgIpc) is 3.34. The molecule has 0 spiro atoms. The molecule has 7 nitrogen and oxygen atoms in total. The maximum Gasteiger partial charge on any atom is 0.333 e. The molecular formula is C20H17F2N7. The Morgan fingerprint density at radius 3 is 2.76 bits per heavy atom. The lowest BCUT2D eigenvalue weighted by atomic mass is 10.00. The molecule has 0 saturated heterocycles. The first-order valence-corrected chi connectivity index (χ1v) is 8.95. The molecule has 0 bridgehead atoms. The highest BCUT2D eigenvalue weighted by molar-refractivity contribution is 5.83. The zero-order chi connectivity index (χ0) is 20.6. The number of nitriles is 1. The highest BCUT2D eigenvalue weighted by atomic mass is 19.3. The van der Waals surface area contributed by atoms with Crippen molar-refractivity contribution in [2.45, 2.75) is 32.7 Å². The van der Waals surface area contributed by atoms with Crippen LogP contribution < -0.4 is 0 Å². The molecular weight excluding hydrogens is 376 g/mol. The SMILES string of the molecule is Cc1cccc(CC#N)c1Cn1nc(C)c2ccc(C(F)(F)c3nnn[nH]3)cc21. The van der Waals surface area contributed by atoms with Crippen LogP contribution in [0.15, 0.2) is 36.4 Å². The maximum absolute atomic E-state index is 14.8. The van der Waals surface area contributed by atoms with Crippen molar-refractivity contribution >= 4 is 10.9 Å². The van der Waals surface area contributed by atoms with Crippen LogP contribution in [0.2, 0.25) is 0 Å². The Balaban J connectivity index is 1.82. The van der Waals surface area contributed by atoms with Crippen molar-refractivity contribution in [3.8, 4) is 6.07 Å². The molecule has 0 unspecified atom stereocenters. The van der Waals surface area contributed by atoms with Gasteiger partial charge in [0.25, 0.3) is 0 Å². The van der Waals surface area contributed by atoms with Gasteiger partial charge < -0.3 is 0 Å². The van der Waals surface area contributed by atoms with E-state index in [9.17, 15) is 8.78 Å². The Labute approximate surface area is 165 Å². The molecule has 146 valence electrons. The summed E-state index contributed by atoms with van der Waals surface area (Å²) >= 11 is 0. The van der Waals surface area contributed by atoms with Gasteiger partial charge in [0.1, 0.15) is 0 Å².